The summed E-state index contributed by atoms with van der Waals surface area (Å²) >= 11 is 0. The van der Waals surface area contributed by atoms with E-state index in [1.165, 1.54) is 0 Å². The lowest BCUT2D eigenvalue weighted by atomic mass is 10.0. The highest BCUT2D eigenvalue weighted by atomic mass is 16.3. The van der Waals surface area contributed by atoms with E-state index < -0.39 is 6.23 Å². The third kappa shape index (κ3) is 1.04. The van der Waals surface area contributed by atoms with Gasteiger partial charge in [-0.1, -0.05) is 0 Å². The Morgan fingerprint density at radius 2 is 2.25 bits per heavy atom. The van der Waals surface area contributed by atoms with Crippen LogP contribution in [0.3, 0.4) is 0 Å². The Kier molecular flexibility index (Phi) is 1.08. The first kappa shape index (κ1) is 5.69. The van der Waals surface area contributed by atoms with E-state index >= 15 is 0 Å². The van der Waals surface area contributed by atoms with Crippen LogP contribution in [0.4, 0.5) is 0 Å². The predicted octanol–water partition coefficient (Wildman–Crippen LogP) is 0.939. The van der Waals surface area contributed by atoms with Gasteiger partial charge in [-0.3, -0.25) is 0 Å². The maximum Gasteiger partial charge on any atom is 0.167 e. The molecule has 1 unspecified atom stereocenters. The number of aliphatic hydroxyl groups is 1. The van der Waals surface area contributed by atoms with Gasteiger partial charge in [0.15, 0.2) is 6.23 Å². The summed E-state index contributed by atoms with van der Waals surface area (Å²) in [5, 5.41) is 16.2. The van der Waals surface area contributed by atoms with Crippen LogP contribution in [0.5, 0.6) is 0 Å². The molecule has 1 atom stereocenters. The number of rotatable bonds is 0. The van der Waals surface area contributed by atoms with Crippen LogP contribution < -0.4 is 0 Å². The zero-order valence-electron chi connectivity index (χ0n) is 5.13. The van der Waals surface area contributed by atoms with Crippen molar-refractivity contribution in [3.8, 4) is 0 Å². The first-order valence-electron chi connectivity index (χ1n) is 2.70. The molecule has 3 nitrogen and oxygen atoms in total. The highest BCUT2D eigenvalue weighted by Crippen LogP contribution is 2.24. The minimum Gasteiger partial charge on any atom is -0.370 e. The van der Waals surface area contributed by atoms with Crippen molar-refractivity contribution in [3.63, 3.8) is 0 Å². The molecule has 0 saturated heterocycles. The number of nitrogens with zero attached hydrogens (tertiary/aromatic N) is 2. The summed E-state index contributed by atoms with van der Waals surface area (Å²) in [7, 11) is 0. The number of hydrogen-bond donors (Lipinski definition) is 1. The van der Waals surface area contributed by atoms with Gasteiger partial charge in [0.25, 0.3) is 0 Å². The van der Waals surface area contributed by atoms with Crippen LogP contribution in [0, 0.1) is 0 Å². The number of azo groups is 1. The molecule has 3 heteroatoms. The zero-order valence-corrected chi connectivity index (χ0v) is 5.13. The second-order valence-corrected chi connectivity index (χ2v) is 2.71. The van der Waals surface area contributed by atoms with Crippen molar-refractivity contribution >= 4 is 0 Å². The topological polar surface area (TPSA) is 45.0 Å². The van der Waals surface area contributed by atoms with Crippen molar-refractivity contribution in [1.29, 1.82) is 0 Å². The second-order valence-electron chi connectivity index (χ2n) is 2.71. The van der Waals surface area contributed by atoms with Crippen LogP contribution in [0.15, 0.2) is 10.2 Å². The van der Waals surface area contributed by atoms with Crippen molar-refractivity contribution in [2.45, 2.75) is 32.0 Å². The Balaban J connectivity index is 2.58. The maximum absolute atomic E-state index is 8.80. The minimum atomic E-state index is -0.551. The van der Waals surface area contributed by atoms with Crippen molar-refractivity contribution < 1.29 is 5.11 Å². The van der Waals surface area contributed by atoms with Gasteiger partial charge in [-0.05, 0) is 13.8 Å². The van der Waals surface area contributed by atoms with Crippen LogP contribution in [0.2, 0.25) is 0 Å². The van der Waals surface area contributed by atoms with Crippen LogP contribution in [-0.4, -0.2) is 16.9 Å². The van der Waals surface area contributed by atoms with Gasteiger partial charge in [0.1, 0.15) is 0 Å². The van der Waals surface area contributed by atoms with Gasteiger partial charge >= 0.3 is 0 Å². The van der Waals surface area contributed by atoms with E-state index in [9.17, 15) is 0 Å². The van der Waals surface area contributed by atoms with Gasteiger partial charge in [0, 0.05) is 6.42 Å². The smallest absolute Gasteiger partial charge is 0.167 e. The summed E-state index contributed by atoms with van der Waals surface area (Å²) in [6, 6.07) is 0. The van der Waals surface area contributed by atoms with Crippen molar-refractivity contribution in [2.75, 3.05) is 0 Å². The Labute approximate surface area is 48.4 Å². The average molecular weight is 114 g/mol. The van der Waals surface area contributed by atoms with Gasteiger partial charge in [-0.2, -0.15) is 10.2 Å². The molecule has 0 radical (unpaired) electrons. The molecule has 0 amide bonds. The first-order chi connectivity index (χ1) is 3.60. The number of hydrogen-bond acceptors (Lipinski definition) is 3. The monoisotopic (exact) mass is 114 g/mol. The normalized spacial score (nSPS) is 33.6. The lowest BCUT2D eigenvalue weighted by Crippen LogP contribution is -2.15. The quantitative estimate of drug-likeness (QED) is 0.500. The van der Waals surface area contributed by atoms with Gasteiger partial charge < -0.3 is 5.11 Å². The molecule has 0 aromatic heterocycles. The molecule has 0 aromatic carbocycles. The SMILES string of the molecule is CC1(C)CC(O)N=N1. The van der Waals surface area contributed by atoms with Gasteiger partial charge in [-0.25, -0.2) is 0 Å². The van der Waals surface area contributed by atoms with E-state index in [0.717, 1.165) is 0 Å². The average Bonchev–Trinajstić information content (AvgIpc) is 1.82. The largest absolute Gasteiger partial charge is 0.370 e. The summed E-state index contributed by atoms with van der Waals surface area (Å²) in [6.07, 6.45) is 0.109. The minimum absolute atomic E-state index is 0.126. The second kappa shape index (κ2) is 1.52. The maximum atomic E-state index is 8.80. The van der Waals surface area contributed by atoms with Crippen LogP contribution in [-0.2, 0) is 0 Å². The van der Waals surface area contributed by atoms with Gasteiger partial charge in [-0.15, -0.1) is 0 Å². The summed E-state index contributed by atoms with van der Waals surface area (Å²) in [6.45, 7) is 3.90. The third-order valence-electron chi connectivity index (χ3n) is 1.14. The first-order valence-corrected chi connectivity index (χ1v) is 2.70. The van der Waals surface area contributed by atoms with E-state index in [-0.39, 0.29) is 5.54 Å². The molecule has 1 heterocycles. The van der Waals surface area contributed by atoms with Crippen molar-refractivity contribution in [2.24, 2.45) is 10.2 Å². The van der Waals surface area contributed by atoms with E-state index in [1.54, 1.807) is 0 Å². The zero-order chi connectivity index (χ0) is 6.20. The molecule has 0 bridgehead atoms. The molecule has 46 valence electrons. The van der Waals surface area contributed by atoms with Crippen LogP contribution in [0.25, 0.3) is 0 Å². The fourth-order valence-electron chi connectivity index (χ4n) is 0.751. The van der Waals surface area contributed by atoms with E-state index in [0.29, 0.717) is 6.42 Å². The summed E-state index contributed by atoms with van der Waals surface area (Å²) in [5.41, 5.74) is -0.126. The molecular weight excluding hydrogens is 104 g/mol. The molecule has 0 aliphatic carbocycles. The lowest BCUT2D eigenvalue weighted by Gasteiger charge is -2.08. The Morgan fingerprint density at radius 3 is 2.38 bits per heavy atom. The molecule has 0 aromatic rings. The molecule has 0 saturated carbocycles. The van der Waals surface area contributed by atoms with E-state index in [2.05, 4.69) is 10.2 Å². The fourth-order valence-corrected chi connectivity index (χ4v) is 0.751. The van der Waals surface area contributed by atoms with E-state index in [4.69, 9.17) is 5.11 Å². The van der Waals surface area contributed by atoms with Crippen LogP contribution in [0.1, 0.15) is 20.3 Å². The Bertz CT molecular complexity index is 120. The molecule has 0 fully saturated rings. The van der Waals surface area contributed by atoms with Crippen molar-refractivity contribution in [3.05, 3.63) is 0 Å². The predicted molar refractivity (Wildman–Crippen MR) is 29.6 cm³/mol. The summed E-state index contributed by atoms with van der Waals surface area (Å²) in [5.74, 6) is 0. The molecule has 1 aliphatic rings. The Hall–Kier alpha value is -0.440. The van der Waals surface area contributed by atoms with E-state index in [1.807, 2.05) is 13.8 Å². The summed E-state index contributed by atoms with van der Waals surface area (Å²) in [4.78, 5) is 0. The molecule has 1 rings (SSSR count). The summed E-state index contributed by atoms with van der Waals surface area (Å²) < 4.78 is 0. The van der Waals surface area contributed by atoms with Gasteiger partial charge in [0.05, 0.1) is 5.54 Å². The van der Waals surface area contributed by atoms with Gasteiger partial charge in [0.2, 0.25) is 0 Å². The lowest BCUT2D eigenvalue weighted by molar-refractivity contribution is 0.175. The highest BCUT2D eigenvalue weighted by Gasteiger charge is 2.26. The van der Waals surface area contributed by atoms with Crippen LogP contribution >= 0.6 is 0 Å². The third-order valence-corrected chi connectivity index (χ3v) is 1.14. The molecule has 1 N–H and O–H groups in total. The standard InChI is InChI=1S/C5H10N2O/c1-5(2)3-4(8)6-7-5/h4,8H,3H2,1-2H3. The Morgan fingerprint density at radius 1 is 1.62 bits per heavy atom. The molecule has 8 heavy (non-hydrogen) atoms. The molecular formula is C5H10N2O. The number of aliphatic hydroxyl groups excluding tert-OH is 1. The van der Waals surface area contributed by atoms with Crippen molar-refractivity contribution in [1.82, 2.24) is 0 Å². The molecule has 1 aliphatic heterocycles. The highest BCUT2D eigenvalue weighted by molar-refractivity contribution is 4.82. The molecule has 0 spiro atoms. The fraction of sp³-hybridized carbons (Fsp3) is 1.00.